The Morgan fingerprint density at radius 2 is 1.80 bits per heavy atom. The van der Waals surface area contributed by atoms with Crippen LogP contribution in [0.4, 0.5) is 5.69 Å². The van der Waals surface area contributed by atoms with E-state index < -0.39 is 18.5 Å². The van der Waals surface area contributed by atoms with E-state index in [9.17, 15) is 14.9 Å². The van der Waals surface area contributed by atoms with Crippen LogP contribution in [-0.4, -0.2) is 23.6 Å². The summed E-state index contributed by atoms with van der Waals surface area (Å²) in [7, 11) is 0. The predicted octanol–water partition coefficient (Wildman–Crippen LogP) is 3.46. The maximum atomic E-state index is 12.2. The molecule has 0 radical (unpaired) electrons. The zero-order valence-electron chi connectivity index (χ0n) is 12.9. The fourth-order valence-corrected chi connectivity index (χ4v) is 2.12. The van der Waals surface area contributed by atoms with Crippen molar-refractivity contribution in [3.63, 3.8) is 0 Å². The minimum Gasteiger partial charge on any atom is -0.482 e. The van der Waals surface area contributed by atoms with Crippen LogP contribution >= 0.6 is 15.9 Å². The lowest BCUT2D eigenvalue weighted by Crippen LogP contribution is -2.13. The Labute approximate surface area is 152 Å². The summed E-state index contributed by atoms with van der Waals surface area (Å²) in [5, 5.41) is 20.4. The fourth-order valence-electron chi connectivity index (χ4n) is 1.85. The number of amides is 1. The number of hydrogen-bond acceptors (Lipinski definition) is 4. The molecule has 0 atom stereocenters. The van der Waals surface area contributed by atoms with Gasteiger partial charge in [-0.25, -0.2) is 4.79 Å². The first kappa shape index (κ1) is 18.2. The highest BCUT2D eigenvalue weighted by Gasteiger charge is 2.09. The number of aliphatic carboxylic acids is 1. The molecule has 0 aromatic heterocycles. The quantitative estimate of drug-likeness (QED) is 0.571. The third-order valence-electron chi connectivity index (χ3n) is 3.02. The molecule has 0 heterocycles. The number of carboxylic acid groups (broad SMARTS) is 1. The van der Waals surface area contributed by atoms with Crippen LogP contribution in [0.25, 0.3) is 6.08 Å². The molecule has 1 amide bonds. The van der Waals surface area contributed by atoms with Crippen LogP contribution in [0.3, 0.4) is 0 Å². The van der Waals surface area contributed by atoms with Crippen LogP contribution in [0, 0.1) is 11.3 Å². The number of carboxylic acids is 1. The summed E-state index contributed by atoms with van der Waals surface area (Å²) in [6.45, 7) is -0.436. The molecule has 0 aliphatic heterocycles. The minimum atomic E-state index is -1.07. The Balaban J connectivity index is 2.08. The van der Waals surface area contributed by atoms with Gasteiger partial charge in [0.2, 0.25) is 0 Å². The van der Waals surface area contributed by atoms with Gasteiger partial charge in [-0.05, 0) is 48.0 Å². The van der Waals surface area contributed by atoms with Gasteiger partial charge in [0.05, 0.1) is 0 Å². The van der Waals surface area contributed by atoms with E-state index in [0.29, 0.717) is 17.0 Å². The number of nitrogens with one attached hydrogen (secondary N) is 1. The van der Waals surface area contributed by atoms with E-state index in [2.05, 4.69) is 21.2 Å². The summed E-state index contributed by atoms with van der Waals surface area (Å²) >= 11 is 3.30. The molecule has 0 aliphatic rings. The van der Waals surface area contributed by atoms with E-state index >= 15 is 0 Å². The number of ether oxygens (including phenoxy) is 1. The van der Waals surface area contributed by atoms with Crippen LogP contribution in [0.1, 0.15) is 5.56 Å². The van der Waals surface area contributed by atoms with Crippen molar-refractivity contribution in [2.45, 2.75) is 0 Å². The first-order valence-corrected chi connectivity index (χ1v) is 7.90. The van der Waals surface area contributed by atoms with Crippen molar-refractivity contribution in [3.05, 3.63) is 64.1 Å². The van der Waals surface area contributed by atoms with Crippen molar-refractivity contribution in [3.8, 4) is 11.8 Å². The molecule has 2 rings (SSSR count). The molecule has 0 aliphatic carbocycles. The Hall–Kier alpha value is -3.11. The number of hydrogen-bond donors (Lipinski definition) is 2. The maximum absolute atomic E-state index is 12.2. The number of rotatable bonds is 6. The van der Waals surface area contributed by atoms with Crippen molar-refractivity contribution >= 4 is 39.6 Å². The van der Waals surface area contributed by atoms with Crippen molar-refractivity contribution in [2.24, 2.45) is 0 Å². The van der Waals surface area contributed by atoms with Crippen molar-refractivity contribution in [1.29, 1.82) is 5.26 Å². The molecule has 2 aromatic carbocycles. The van der Waals surface area contributed by atoms with Crippen molar-refractivity contribution < 1.29 is 19.4 Å². The number of nitrogens with zero attached hydrogens (tertiary/aromatic N) is 1. The molecule has 0 bridgehead atoms. The molecule has 6 nitrogen and oxygen atoms in total. The average Bonchev–Trinajstić information content (AvgIpc) is 2.60. The molecule has 126 valence electrons. The molecule has 0 saturated heterocycles. The molecule has 2 N–H and O–H groups in total. The van der Waals surface area contributed by atoms with E-state index in [1.165, 1.54) is 6.08 Å². The molecule has 0 spiro atoms. The van der Waals surface area contributed by atoms with Gasteiger partial charge >= 0.3 is 5.97 Å². The van der Waals surface area contributed by atoms with Crippen LogP contribution in [0.5, 0.6) is 5.75 Å². The Bertz CT molecular complexity index is 837. The van der Waals surface area contributed by atoms with E-state index in [0.717, 1.165) is 4.47 Å². The minimum absolute atomic E-state index is 0.0536. The van der Waals surface area contributed by atoms with Gasteiger partial charge in [0.15, 0.2) is 6.61 Å². The second-order valence-corrected chi connectivity index (χ2v) is 5.80. The summed E-state index contributed by atoms with van der Waals surface area (Å²) < 4.78 is 5.90. The highest BCUT2D eigenvalue weighted by Crippen LogP contribution is 2.17. The monoisotopic (exact) mass is 400 g/mol. The standard InChI is InChI=1S/C18H13BrN2O4/c19-14-3-5-15(6-4-14)21-18(24)13(10-20)9-12-1-7-16(8-2-12)25-11-17(22)23/h1-9H,11H2,(H,21,24)(H,22,23). The van der Waals surface area contributed by atoms with E-state index in [1.54, 1.807) is 48.5 Å². The Morgan fingerprint density at radius 3 is 2.36 bits per heavy atom. The first-order chi connectivity index (χ1) is 12.0. The average molecular weight is 401 g/mol. The van der Waals surface area contributed by atoms with Gasteiger partial charge in [0.25, 0.3) is 5.91 Å². The van der Waals surface area contributed by atoms with Gasteiger partial charge in [-0.1, -0.05) is 28.1 Å². The number of halogens is 1. The molecule has 0 fully saturated rings. The van der Waals surface area contributed by atoms with Crippen LogP contribution in [0.15, 0.2) is 58.6 Å². The van der Waals surface area contributed by atoms with Crippen LogP contribution in [-0.2, 0) is 9.59 Å². The topological polar surface area (TPSA) is 99.4 Å². The van der Waals surface area contributed by atoms with Crippen LogP contribution < -0.4 is 10.1 Å². The number of nitriles is 1. The van der Waals surface area contributed by atoms with Gasteiger partial charge in [-0.2, -0.15) is 5.26 Å². The summed E-state index contributed by atoms with van der Waals surface area (Å²) in [5.41, 5.74) is 1.14. The molecular formula is C18H13BrN2O4. The number of carbonyl (C=O) groups is 2. The van der Waals surface area contributed by atoms with E-state index in [1.807, 2.05) is 6.07 Å². The number of anilines is 1. The SMILES string of the molecule is N#CC(=Cc1ccc(OCC(=O)O)cc1)C(=O)Nc1ccc(Br)cc1. The Morgan fingerprint density at radius 1 is 1.16 bits per heavy atom. The first-order valence-electron chi connectivity index (χ1n) is 7.11. The molecular weight excluding hydrogens is 388 g/mol. The van der Waals surface area contributed by atoms with E-state index in [-0.39, 0.29) is 5.57 Å². The third-order valence-corrected chi connectivity index (χ3v) is 3.55. The lowest BCUT2D eigenvalue weighted by molar-refractivity contribution is -0.139. The Kier molecular flexibility index (Phi) is 6.32. The smallest absolute Gasteiger partial charge is 0.341 e. The van der Waals surface area contributed by atoms with Gasteiger partial charge in [-0.3, -0.25) is 4.79 Å². The highest BCUT2D eigenvalue weighted by atomic mass is 79.9. The summed E-state index contributed by atoms with van der Waals surface area (Å²) in [6.07, 6.45) is 1.44. The lowest BCUT2D eigenvalue weighted by Gasteiger charge is -2.05. The third kappa shape index (κ3) is 5.79. The molecule has 0 saturated carbocycles. The lowest BCUT2D eigenvalue weighted by atomic mass is 10.1. The molecule has 25 heavy (non-hydrogen) atoms. The second-order valence-electron chi connectivity index (χ2n) is 4.88. The number of carbonyl (C=O) groups excluding carboxylic acids is 1. The van der Waals surface area contributed by atoms with Gasteiger partial charge in [0.1, 0.15) is 17.4 Å². The molecule has 2 aromatic rings. The fraction of sp³-hybridized carbons (Fsp3) is 0.0556. The summed E-state index contributed by atoms with van der Waals surface area (Å²) in [6, 6.07) is 15.2. The summed E-state index contributed by atoms with van der Waals surface area (Å²) in [5.74, 6) is -1.20. The largest absolute Gasteiger partial charge is 0.482 e. The highest BCUT2D eigenvalue weighted by molar-refractivity contribution is 9.10. The molecule has 0 unspecified atom stereocenters. The second kappa shape index (κ2) is 8.66. The van der Waals surface area contributed by atoms with E-state index in [4.69, 9.17) is 9.84 Å². The van der Waals surface area contributed by atoms with Gasteiger partial charge in [-0.15, -0.1) is 0 Å². The van der Waals surface area contributed by atoms with Crippen LogP contribution in [0.2, 0.25) is 0 Å². The van der Waals surface area contributed by atoms with Crippen molar-refractivity contribution in [1.82, 2.24) is 0 Å². The summed E-state index contributed by atoms with van der Waals surface area (Å²) in [4.78, 5) is 22.6. The predicted molar refractivity (Wildman–Crippen MR) is 95.9 cm³/mol. The van der Waals surface area contributed by atoms with Crippen molar-refractivity contribution in [2.75, 3.05) is 11.9 Å². The molecule has 7 heteroatoms. The zero-order valence-corrected chi connectivity index (χ0v) is 14.5. The zero-order chi connectivity index (χ0) is 18.2. The van der Waals surface area contributed by atoms with Gasteiger partial charge < -0.3 is 15.2 Å². The van der Waals surface area contributed by atoms with Gasteiger partial charge in [0, 0.05) is 10.2 Å². The normalized spacial score (nSPS) is 10.6. The maximum Gasteiger partial charge on any atom is 0.341 e. The number of benzene rings is 2.